The molecule has 10 nitrogen and oxygen atoms in total. The minimum atomic E-state index is -0.978. The van der Waals surface area contributed by atoms with Crippen LogP contribution in [0.15, 0.2) is 0 Å². The van der Waals surface area contributed by atoms with Crippen LogP contribution in [0, 0.1) is 0 Å². The Kier molecular flexibility index (Phi) is 9.03. The molecule has 0 aliphatic carbocycles. The summed E-state index contributed by atoms with van der Waals surface area (Å²) in [7, 11) is 0. The summed E-state index contributed by atoms with van der Waals surface area (Å²) in [5.41, 5.74) is -0.427. The van der Waals surface area contributed by atoms with Gasteiger partial charge in [-0.2, -0.15) is 0 Å². The second kappa shape index (κ2) is 11.3. The van der Waals surface area contributed by atoms with E-state index in [1.165, 1.54) is 9.80 Å². The van der Waals surface area contributed by atoms with Crippen LogP contribution in [-0.4, -0.2) is 81.9 Å². The number of hydrogen-bond donors (Lipinski definition) is 2. The predicted molar refractivity (Wildman–Crippen MR) is 114 cm³/mol. The number of hydrogen-bond acceptors (Lipinski definition) is 6. The summed E-state index contributed by atoms with van der Waals surface area (Å²) in [4.78, 5) is 63.2. The van der Waals surface area contributed by atoms with E-state index >= 15 is 0 Å². The van der Waals surface area contributed by atoms with Crippen molar-refractivity contribution in [3.05, 3.63) is 0 Å². The Bertz CT molecular complexity index is 732. The Balaban J connectivity index is 1.73. The molecule has 0 radical (unpaired) electrons. The molecule has 2 N–H and O–H groups in total. The third-order valence-electron chi connectivity index (χ3n) is 5.59. The molecule has 2 fully saturated rings. The van der Waals surface area contributed by atoms with Gasteiger partial charge in [0, 0.05) is 31.5 Å². The average Bonchev–Trinajstić information content (AvgIpc) is 3.37. The molecule has 0 aromatic heterocycles. The first-order chi connectivity index (χ1) is 15.0. The highest BCUT2D eigenvalue weighted by Gasteiger charge is 2.36. The van der Waals surface area contributed by atoms with E-state index in [9.17, 15) is 29.1 Å². The first-order valence-electron chi connectivity index (χ1n) is 11.3. The van der Waals surface area contributed by atoms with Crippen molar-refractivity contribution in [2.24, 2.45) is 0 Å². The number of nitrogens with zero attached hydrogens (tertiary/aromatic N) is 2. The lowest BCUT2D eigenvalue weighted by molar-refractivity contribution is -0.156. The van der Waals surface area contributed by atoms with Gasteiger partial charge in [-0.05, 0) is 59.3 Å². The molecule has 3 amide bonds. The van der Waals surface area contributed by atoms with Crippen LogP contribution in [0.4, 0.5) is 0 Å². The third-order valence-corrected chi connectivity index (χ3v) is 5.59. The minimum absolute atomic E-state index is 0.180. The van der Waals surface area contributed by atoms with E-state index in [1.807, 2.05) is 20.8 Å². The molecule has 10 heteroatoms. The van der Waals surface area contributed by atoms with Crippen LogP contribution in [0.2, 0.25) is 0 Å². The number of aliphatic carboxylic acids is 1. The van der Waals surface area contributed by atoms with Crippen molar-refractivity contribution < 1.29 is 33.8 Å². The number of likely N-dealkylation sites (tertiary alicyclic amines) is 2. The highest BCUT2D eigenvalue weighted by atomic mass is 16.5. The molecule has 2 atom stereocenters. The monoisotopic (exact) mass is 453 g/mol. The summed E-state index contributed by atoms with van der Waals surface area (Å²) in [6.07, 6.45) is 3.69. The van der Waals surface area contributed by atoms with Crippen LogP contribution >= 0.6 is 0 Å². The SMILES string of the molecule is CC(C)(C)NC(=O)COC(=O)[C@H]1CCCN1C(=O)CCCCC(=O)N1CCC[C@@H]1C(=O)O. The van der Waals surface area contributed by atoms with Gasteiger partial charge in [-0.15, -0.1) is 0 Å². The molecular formula is C22H35N3O7. The summed E-state index contributed by atoms with van der Waals surface area (Å²) >= 11 is 0. The number of nitrogens with one attached hydrogen (secondary N) is 1. The van der Waals surface area contributed by atoms with Gasteiger partial charge in [0.2, 0.25) is 11.8 Å². The van der Waals surface area contributed by atoms with Crippen molar-refractivity contribution in [3.8, 4) is 0 Å². The van der Waals surface area contributed by atoms with Crippen LogP contribution in [0.1, 0.15) is 72.1 Å². The van der Waals surface area contributed by atoms with Gasteiger partial charge >= 0.3 is 11.9 Å². The largest absolute Gasteiger partial charge is 0.480 e. The van der Waals surface area contributed by atoms with Crippen LogP contribution in [0.25, 0.3) is 0 Å². The maximum atomic E-state index is 12.6. The minimum Gasteiger partial charge on any atom is -0.480 e. The average molecular weight is 454 g/mol. The number of carboxylic acid groups (broad SMARTS) is 1. The van der Waals surface area contributed by atoms with Crippen molar-refractivity contribution in [2.45, 2.75) is 89.8 Å². The zero-order chi connectivity index (χ0) is 23.9. The number of carbonyl (C=O) groups is 5. The Morgan fingerprint density at radius 1 is 0.906 bits per heavy atom. The number of esters is 1. The van der Waals surface area contributed by atoms with Gasteiger partial charge in [-0.3, -0.25) is 14.4 Å². The Labute approximate surface area is 188 Å². The molecule has 2 saturated heterocycles. The zero-order valence-electron chi connectivity index (χ0n) is 19.2. The Hall–Kier alpha value is -2.65. The molecule has 0 unspecified atom stereocenters. The highest BCUT2D eigenvalue weighted by Crippen LogP contribution is 2.22. The van der Waals surface area contributed by atoms with Crippen molar-refractivity contribution >= 4 is 29.7 Å². The number of ether oxygens (including phenoxy) is 1. The number of carboxylic acids is 1. The summed E-state index contributed by atoms with van der Waals surface area (Å²) < 4.78 is 5.11. The van der Waals surface area contributed by atoms with E-state index in [1.54, 1.807) is 0 Å². The van der Waals surface area contributed by atoms with Gasteiger partial charge < -0.3 is 25.0 Å². The fourth-order valence-corrected chi connectivity index (χ4v) is 4.16. The molecule has 2 aliphatic rings. The van der Waals surface area contributed by atoms with E-state index in [0.29, 0.717) is 51.6 Å². The molecule has 32 heavy (non-hydrogen) atoms. The second-order valence-electron chi connectivity index (χ2n) is 9.44. The predicted octanol–water partition coefficient (Wildman–Crippen LogP) is 1.07. The summed E-state index contributed by atoms with van der Waals surface area (Å²) in [5.74, 6) is -2.33. The zero-order valence-corrected chi connectivity index (χ0v) is 19.2. The second-order valence-corrected chi connectivity index (χ2v) is 9.44. The third kappa shape index (κ3) is 7.49. The molecule has 0 aromatic carbocycles. The first-order valence-corrected chi connectivity index (χ1v) is 11.3. The van der Waals surface area contributed by atoms with Crippen LogP contribution in [0.3, 0.4) is 0 Å². The van der Waals surface area contributed by atoms with Gasteiger partial charge in [0.05, 0.1) is 0 Å². The molecular weight excluding hydrogens is 418 g/mol. The lowest BCUT2D eigenvalue weighted by Gasteiger charge is -2.24. The molecule has 0 aromatic rings. The summed E-state index contributed by atoms with van der Waals surface area (Å²) in [6, 6.07) is -1.43. The first kappa shape index (κ1) is 25.6. The van der Waals surface area contributed by atoms with E-state index < -0.39 is 35.5 Å². The van der Waals surface area contributed by atoms with Gasteiger partial charge in [-0.1, -0.05) is 0 Å². The standard InChI is InChI=1S/C22H35N3O7/c1-22(2,3)23-17(26)14-32-21(31)16-9-7-13-25(16)19(28)11-5-4-10-18(27)24-12-6-8-15(24)20(29)30/h15-16H,4-14H2,1-3H3,(H,23,26)(H,29,30)/t15-,16-/m1/s1. The molecule has 2 rings (SSSR count). The van der Waals surface area contributed by atoms with Gasteiger partial charge in [0.15, 0.2) is 6.61 Å². The number of carbonyl (C=O) groups excluding carboxylic acids is 4. The van der Waals surface area contributed by atoms with E-state index in [4.69, 9.17) is 4.74 Å². The van der Waals surface area contributed by atoms with Crippen molar-refractivity contribution in [2.75, 3.05) is 19.7 Å². The van der Waals surface area contributed by atoms with Gasteiger partial charge in [0.1, 0.15) is 12.1 Å². The lowest BCUT2D eigenvalue weighted by atomic mass is 10.1. The maximum absolute atomic E-state index is 12.6. The topological polar surface area (TPSA) is 133 Å². The molecule has 0 bridgehead atoms. The van der Waals surface area contributed by atoms with Crippen LogP contribution < -0.4 is 5.32 Å². The van der Waals surface area contributed by atoms with E-state index in [0.717, 1.165) is 0 Å². The molecule has 0 saturated carbocycles. The van der Waals surface area contributed by atoms with Crippen LogP contribution in [0.5, 0.6) is 0 Å². The Morgan fingerprint density at radius 2 is 1.41 bits per heavy atom. The fourth-order valence-electron chi connectivity index (χ4n) is 4.16. The van der Waals surface area contributed by atoms with Gasteiger partial charge in [-0.25, -0.2) is 9.59 Å². The van der Waals surface area contributed by atoms with E-state index in [-0.39, 0.29) is 31.3 Å². The number of unbranched alkanes of at least 4 members (excludes halogenated alkanes) is 1. The molecule has 2 heterocycles. The van der Waals surface area contributed by atoms with Gasteiger partial charge in [0.25, 0.3) is 5.91 Å². The number of rotatable bonds is 9. The van der Waals surface area contributed by atoms with Crippen LogP contribution in [-0.2, 0) is 28.7 Å². The smallest absolute Gasteiger partial charge is 0.329 e. The quantitative estimate of drug-likeness (QED) is 0.394. The van der Waals surface area contributed by atoms with Crippen molar-refractivity contribution in [1.82, 2.24) is 15.1 Å². The normalized spacial score (nSPS) is 20.8. The lowest BCUT2D eigenvalue weighted by Crippen LogP contribution is -2.45. The highest BCUT2D eigenvalue weighted by molar-refractivity contribution is 5.87. The maximum Gasteiger partial charge on any atom is 0.329 e. The molecule has 180 valence electrons. The molecule has 2 aliphatic heterocycles. The Morgan fingerprint density at radius 3 is 1.91 bits per heavy atom. The van der Waals surface area contributed by atoms with E-state index in [2.05, 4.69) is 5.32 Å². The summed E-state index contributed by atoms with van der Waals surface area (Å²) in [5, 5.41) is 11.9. The van der Waals surface area contributed by atoms with Crippen molar-refractivity contribution in [1.29, 1.82) is 0 Å². The number of amides is 3. The fraction of sp³-hybridized carbons (Fsp3) is 0.773. The summed E-state index contributed by atoms with van der Waals surface area (Å²) in [6.45, 7) is 6.01. The molecule has 0 spiro atoms. The van der Waals surface area contributed by atoms with Crippen molar-refractivity contribution in [3.63, 3.8) is 0 Å².